The number of ketones is 1. The van der Waals surface area contributed by atoms with Crippen molar-refractivity contribution in [2.45, 2.75) is 51.5 Å². The molecule has 0 fully saturated rings. The van der Waals surface area contributed by atoms with Gasteiger partial charge in [-0.1, -0.05) is 13.3 Å². The zero-order valence-corrected chi connectivity index (χ0v) is 16.3. The summed E-state index contributed by atoms with van der Waals surface area (Å²) in [6, 6.07) is 3.37. The topological polar surface area (TPSA) is 86.7 Å². The molecule has 0 saturated heterocycles. The van der Waals surface area contributed by atoms with Crippen LogP contribution < -0.4 is 4.18 Å². The van der Waals surface area contributed by atoms with E-state index in [1.807, 2.05) is 6.92 Å². The molecule has 1 aromatic rings. The predicted molar refractivity (Wildman–Crippen MR) is 93.3 cm³/mol. The second-order valence-corrected chi connectivity index (χ2v) is 8.18. The summed E-state index contributed by atoms with van der Waals surface area (Å²) in [5, 5.41) is 0. The van der Waals surface area contributed by atoms with Crippen LogP contribution in [0.5, 0.6) is 5.75 Å². The Bertz CT molecular complexity index is 863. The van der Waals surface area contributed by atoms with E-state index in [-0.39, 0.29) is 24.4 Å². The second kappa shape index (κ2) is 8.10. The van der Waals surface area contributed by atoms with Crippen LogP contribution in [0.25, 0.3) is 0 Å². The van der Waals surface area contributed by atoms with E-state index in [9.17, 15) is 31.2 Å². The molecule has 2 rings (SSSR count). The first-order valence-electron chi connectivity index (χ1n) is 8.80. The van der Waals surface area contributed by atoms with Gasteiger partial charge in [-0.3, -0.25) is 9.59 Å². The quantitative estimate of drug-likeness (QED) is 0.378. The van der Waals surface area contributed by atoms with Gasteiger partial charge in [-0.2, -0.15) is 21.6 Å². The number of fused-ring (bicyclic) bond motifs is 1. The molecule has 156 valence electrons. The van der Waals surface area contributed by atoms with Crippen molar-refractivity contribution < 1.29 is 40.1 Å². The van der Waals surface area contributed by atoms with Crippen LogP contribution >= 0.6 is 0 Å². The van der Waals surface area contributed by atoms with E-state index in [0.29, 0.717) is 31.2 Å². The molecule has 0 heterocycles. The second-order valence-electron chi connectivity index (χ2n) is 6.64. The van der Waals surface area contributed by atoms with E-state index in [0.717, 1.165) is 12.1 Å². The van der Waals surface area contributed by atoms with Crippen LogP contribution in [0.15, 0.2) is 18.2 Å². The molecule has 1 atom stereocenters. The first kappa shape index (κ1) is 22.2. The number of alkyl halides is 3. The summed E-state index contributed by atoms with van der Waals surface area (Å²) >= 11 is 0. The van der Waals surface area contributed by atoms with Gasteiger partial charge in [0.2, 0.25) is 0 Å². The molecule has 1 aliphatic rings. The Hall–Kier alpha value is -2.10. The van der Waals surface area contributed by atoms with E-state index in [1.165, 1.54) is 6.07 Å². The maximum absolute atomic E-state index is 13.1. The van der Waals surface area contributed by atoms with Crippen molar-refractivity contribution in [1.29, 1.82) is 0 Å². The number of halogens is 3. The van der Waals surface area contributed by atoms with Crippen molar-refractivity contribution in [2.24, 2.45) is 5.41 Å². The van der Waals surface area contributed by atoms with Crippen LogP contribution in [0.3, 0.4) is 0 Å². The molecule has 0 saturated carbocycles. The summed E-state index contributed by atoms with van der Waals surface area (Å²) in [5.74, 6) is -1.30. The fourth-order valence-corrected chi connectivity index (χ4v) is 3.91. The Morgan fingerprint density at radius 1 is 1.25 bits per heavy atom. The highest BCUT2D eigenvalue weighted by Crippen LogP contribution is 2.43. The van der Waals surface area contributed by atoms with Gasteiger partial charge in [0.15, 0.2) is 5.78 Å². The molecule has 28 heavy (non-hydrogen) atoms. The van der Waals surface area contributed by atoms with Gasteiger partial charge in [0.1, 0.15) is 5.75 Å². The van der Waals surface area contributed by atoms with E-state index >= 15 is 0 Å². The fraction of sp³-hybridized carbons (Fsp3) is 0.556. The summed E-state index contributed by atoms with van der Waals surface area (Å²) in [5.41, 5.74) is -5.85. The number of rotatable bonds is 7. The van der Waals surface area contributed by atoms with E-state index in [2.05, 4.69) is 4.18 Å². The summed E-state index contributed by atoms with van der Waals surface area (Å²) in [6.45, 7) is 3.74. The lowest BCUT2D eigenvalue weighted by Crippen LogP contribution is -2.38. The number of carbonyl (C=O) groups is 2. The van der Waals surface area contributed by atoms with Gasteiger partial charge in [0.25, 0.3) is 0 Å². The van der Waals surface area contributed by atoms with Gasteiger partial charge in [0.05, 0.1) is 13.0 Å². The number of Topliss-reactive ketones (excluding diaryl/α,β-unsaturated/α-hetero) is 1. The van der Waals surface area contributed by atoms with Crippen LogP contribution in [-0.2, 0) is 26.1 Å². The average molecular weight is 422 g/mol. The Labute approximate surface area is 161 Å². The lowest BCUT2D eigenvalue weighted by Gasteiger charge is -2.36. The van der Waals surface area contributed by atoms with Crippen LogP contribution in [0, 0.1) is 5.41 Å². The predicted octanol–water partition coefficient (Wildman–Crippen LogP) is 3.78. The molecule has 0 N–H and O–H groups in total. The highest BCUT2D eigenvalue weighted by molar-refractivity contribution is 7.88. The summed E-state index contributed by atoms with van der Waals surface area (Å²) in [4.78, 5) is 25.1. The summed E-state index contributed by atoms with van der Waals surface area (Å²) in [6.07, 6.45) is 1.65. The molecule has 0 radical (unpaired) electrons. The molecule has 10 heteroatoms. The van der Waals surface area contributed by atoms with E-state index < -0.39 is 32.8 Å². The maximum atomic E-state index is 13.1. The van der Waals surface area contributed by atoms with Crippen molar-refractivity contribution >= 4 is 21.9 Å². The Morgan fingerprint density at radius 3 is 2.50 bits per heavy atom. The minimum absolute atomic E-state index is 0.0757. The van der Waals surface area contributed by atoms with Crippen LogP contribution in [0.1, 0.15) is 55.5 Å². The maximum Gasteiger partial charge on any atom is 0.534 e. The zero-order chi connectivity index (χ0) is 21.2. The molecule has 0 spiro atoms. The van der Waals surface area contributed by atoms with Crippen molar-refractivity contribution in [3.05, 3.63) is 29.3 Å². The highest BCUT2D eigenvalue weighted by Gasteiger charge is 2.49. The number of aryl methyl sites for hydroxylation is 1. The summed E-state index contributed by atoms with van der Waals surface area (Å²) < 4.78 is 68.9. The molecular weight excluding hydrogens is 401 g/mol. The fourth-order valence-electron chi connectivity index (χ4n) is 3.46. The van der Waals surface area contributed by atoms with Gasteiger partial charge < -0.3 is 8.92 Å². The average Bonchev–Trinajstić information content (AvgIpc) is 2.57. The van der Waals surface area contributed by atoms with E-state index in [4.69, 9.17) is 4.74 Å². The molecule has 0 amide bonds. The monoisotopic (exact) mass is 422 g/mol. The van der Waals surface area contributed by atoms with Crippen molar-refractivity contribution in [2.75, 3.05) is 6.61 Å². The number of hydrogen-bond acceptors (Lipinski definition) is 6. The third-order valence-corrected chi connectivity index (χ3v) is 5.66. The van der Waals surface area contributed by atoms with Crippen LogP contribution in [0.2, 0.25) is 0 Å². The first-order chi connectivity index (χ1) is 13.0. The highest BCUT2D eigenvalue weighted by atomic mass is 32.2. The molecule has 6 nitrogen and oxygen atoms in total. The van der Waals surface area contributed by atoms with Crippen LogP contribution in [0.4, 0.5) is 13.2 Å². The Balaban J connectivity index is 2.33. The van der Waals surface area contributed by atoms with Crippen molar-refractivity contribution in [3.8, 4) is 5.75 Å². The van der Waals surface area contributed by atoms with Crippen molar-refractivity contribution in [3.63, 3.8) is 0 Å². The van der Waals surface area contributed by atoms with Gasteiger partial charge in [0, 0.05) is 11.0 Å². The smallest absolute Gasteiger partial charge is 0.466 e. The van der Waals surface area contributed by atoms with Gasteiger partial charge in [-0.05, 0) is 49.9 Å². The molecule has 0 aromatic heterocycles. The minimum Gasteiger partial charge on any atom is -0.466 e. The number of carbonyl (C=O) groups excluding carboxylic acids is 2. The van der Waals surface area contributed by atoms with E-state index in [1.54, 1.807) is 6.92 Å². The lowest BCUT2D eigenvalue weighted by atomic mass is 9.66. The number of ether oxygens (including phenoxy) is 1. The lowest BCUT2D eigenvalue weighted by molar-refractivity contribution is -0.145. The van der Waals surface area contributed by atoms with Crippen LogP contribution in [-0.4, -0.2) is 32.3 Å². The minimum atomic E-state index is -5.79. The standard InChI is InChI=1S/C18H21F3O6S/c1-3-8-17(11-15(22)26-4-2)9-7-12-10-13(5-6-14(12)16(17)23)27-28(24,25)18(19,20)21/h5-6,10H,3-4,7-9,11H2,1-2H3. The van der Waals surface area contributed by atoms with Gasteiger partial charge in [-0.15, -0.1) is 0 Å². The van der Waals surface area contributed by atoms with Crippen molar-refractivity contribution in [1.82, 2.24) is 0 Å². The SMILES string of the molecule is CCCC1(CC(=O)OCC)CCc2cc(OS(=O)(=O)C(F)(F)F)ccc2C1=O. The Kier molecular flexibility index (Phi) is 6.42. The van der Waals surface area contributed by atoms with Gasteiger partial charge >= 0.3 is 21.6 Å². The third-order valence-electron chi connectivity index (χ3n) is 4.68. The molecule has 0 aliphatic heterocycles. The normalized spacial score (nSPS) is 19.8. The van der Waals surface area contributed by atoms with Gasteiger partial charge in [-0.25, -0.2) is 0 Å². The number of esters is 1. The molecule has 1 aromatic carbocycles. The molecular formula is C18H21F3O6S. The number of benzene rings is 1. The summed E-state index contributed by atoms with van der Waals surface area (Å²) in [7, 11) is -5.79. The largest absolute Gasteiger partial charge is 0.534 e. The third kappa shape index (κ3) is 4.48. The molecule has 0 bridgehead atoms. The Morgan fingerprint density at radius 2 is 1.93 bits per heavy atom. The molecule has 1 unspecified atom stereocenters. The first-order valence-corrected chi connectivity index (χ1v) is 10.2. The molecule has 1 aliphatic carbocycles. The zero-order valence-electron chi connectivity index (χ0n) is 15.5. The number of hydrogen-bond donors (Lipinski definition) is 0.